The van der Waals surface area contributed by atoms with Crippen LogP contribution >= 0.6 is 15.9 Å². The number of sulfonamides is 1. The largest absolute Gasteiger partial charge is 0.310 e. The molecule has 1 aliphatic heterocycles. The van der Waals surface area contributed by atoms with Gasteiger partial charge in [-0.25, -0.2) is 12.8 Å². The fourth-order valence-electron chi connectivity index (χ4n) is 2.84. The van der Waals surface area contributed by atoms with E-state index in [0.717, 1.165) is 27.9 Å². The Balaban J connectivity index is 1.80. The number of fused-ring (bicyclic) bond motifs is 1. The lowest BCUT2D eigenvalue weighted by Gasteiger charge is -2.22. The number of benzene rings is 2. The van der Waals surface area contributed by atoms with Gasteiger partial charge in [-0.3, -0.25) is 4.79 Å². The summed E-state index contributed by atoms with van der Waals surface area (Å²) in [6.45, 7) is 1.94. The monoisotopic (exact) mass is 426 g/mol. The fraction of sp³-hybridized carbons (Fsp3) is 0.235. The number of nitrogens with one attached hydrogen (secondary N) is 1. The molecule has 132 valence electrons. The van der Waals surface area contributed by atoms with Gasteiger partial charge in [0, 0.05) is 16.7 Å². The van der Waals surface area contributed by atoms with Crippen LogP contribution in [-0.4, -0.2) is 26.9 Å². The summed E-state index contributed by atoms with van der Waals surface area (Å²) in [7, 11) is -4.13. The Bertz CT molecular complexity index is 933. The van der Waals surface area contributed by atoms with Crippen molar-refractivity contribution in [3.8, 4) is 0 Å². The number of hydrogen-bond donors (Lipinski definition) is 1. The van der Waals surface area contributed by atoms with Crippen molar-refractivity contribution >= 4 is 37.5 Å². The van der Waals surface area contributed by atoms with Gasteiger partial charge >= 0.3 is 0 Å². The van der Waals surface area contributed by atoms with Crippen LogP contribution in [-0.2, 0) is 21.2 Å². The maximum atomic E-state index is 13.8. The molecule has 1 atom stereocenters. The average Bonchev–Trinajstić information content (AvgIpc) is 2.96. The van der Waals surface area contributed by atoms with Crippen molar-refractivity contribution in [3.05, 3.63) is 58.3 Å². The molecule has 3 rings (SSSR count). The summed E-state index contributed by atoms with van der Waals surface area (Å²) < 4.78 is 41.6. The number of anilines is 1. The van der Waals surface area contributed by atoms with E-state index in [1.54, 1.807) is 4.90 Å². The Morgan fingerprint density at radius 2 is 2.00 bits per heavy atom. The van der Waals surface area contributed by atoms with Crippen molar-refractivity contribution in [1.29, 1.82) is 0 Å². The molecule has 0 bridgehead atoms. The Hall–Kier alpha value is -1.77. The van der Waals surface area contributed by atoms with E-state index >= 15 is 0 Å². The Morgan fingerprint density at radius 1 is 1.28 bits per heavy atom. The predicted molar refractivity (Wildman–Crippen MR) is 96.4 cm³/mol. The molecule has 0 fully saturated rings. The number of amides is 1. The van der Waals surface area contributed by atoms with Crippen molar-refractivity contribution < 1.29 is 17.6 Å². The number of halogens is 2. The third-order valence-corrected chi connectivity index (χ3v) is 6.10. The summed E-state index contributed by atoms with van der Waals surface area (Å²) >= 11 is 3.39. The van der Waals surface area contributed by atoms with Crippen LogP contribution in [0.25, 0.3) is 0 Å². The molecule has 0 unspecified atom stereocenters. The minimum atomic E-state index is -4.13. The van der Waals surface area contributed by atoms with Gasteiger partial charge in [0.1, 0.15) is 10.7 Å². The number of hydrogen-bond acceptors (Lipinski definition) is 3. The minimum absolute atomic E-state index is 0.374. The molecule has 2 aromatic carbocycles. The molecule has 1 N–H and O–H groups in total. The molecule has 8 heteroatoms. The van der Waals surface area contributed by atoms with Crippen LogP contribution in [0.2, 0.25) is 0 Å². The first-order valence-corrected chi connectivity index (χ1v) is 9.94. The third-order valence-electron chi connectivity index (χ3n) is 4.03. The summed E-state index contributed by atoms with van der Waals surface area (Å²) in [6.07, 6.45) is 0.702. The zero-order valence-electron chi connectivity index (χ0n) is 13.4. The van der Waals surface area contributed by atoms with Crippen LogP contribution in [0.15, 0.2) is 51.8 Å². The molecule has 1 aliphatic rings. The molecular formula is C17H16BrFN2O3S. The van der Waals surface area contributed by atoms with Crippen LogP contribution in [0, 0.1) is 5.82 Å². The van der Waals surface area contributed by atoms with E-state index in [0.29, 0.717) is 13.0 Å². The van der Waals surface area contributed by atoms with E-state index in [4.69, 9.17) is 0 Å². The van der Waals surface area contributed by atoms with Gasteiger partial charge in [-0.1, -0.05) is 28.1 Å². The SMILES string of the molecule is C[C@H](NS(=O)(=O)c1ccccc1F)C(=O)N1CCc2cc(Br)ccc21. The molecule has 25 heavy (non-hydrogen) atoms. The van der Waals surface area contributed by atoms with Gasteiger partial charge in [-0.15, -0.1) is 0 Å². The smallest absolute Gasteiger partial charge is 0.244 e. The molecule has 0 saturated carbocycles. The second-order valence-electron chi connectivity index (χ2n) is 5.79. The van der Waals surface area contributed by atoms with Crippen molar-refractivity contribution in [1.82, 2.24) is 4.72 Å². The van der Waals surface area contributed by atoms with E-state index in [1.165, 1.54) is 19.1 Å². The van der Waals surface area contributed by atoms with Gasteiger partial charge < -0.3 is 4.90 Å². The minimum Gasteiger partial charge on any atom is -0.310 e. The summed E-state index contributed by atoms with van der Waals surface area (Å²) in [5.41, 5.74) is 1.79. The van der Waals surface area contributed by atoms with E-state index in [9.17, 15) is 17.6 Å². The quantitative estimate of drug-likeness (QED) is 0.816. The maximum Gasteiger partial charge on any atom is 0.244 e. The van der Waals surface area contributed by atoms with Crippen LogP contribution in [0.1, 0.15) is 12.5 Å². The third kappa shape index (κ3) is 3.61. The molecule has 0 aliphatic carbocycles. The van der Waals surface area contributed by atoms with Crippen molar-refractivity contribution in [2.45, 2.75) is 24.3 Å². The molecule has 0 radical (unpaired) electrons. The number of rotatable bonds is 4. The molecule has 0 saturated heterocycles. The van der Waals surface area contributed by atoms with E-state index in [2.05, 4.69) is 20.7 Å². The molecule has 1 heterocycles. The van der Waals surface area contributed by atoms with Gasteiger partial charge in [0.05, 0.1) is 6.04 Å². The second kappa shape index (κ2) is 6.86. The van der Waals surface area contributed by atoms with Gasteiger partial charge in [0.25, 0.3) is 0 Å². The lowest BCUT2D eigenvalue weighted by molar-refractivity contribution is -0.119. The normalized spacial score (nSPS) is 15.1. The summed E-state index contributed by atoms with van der Waals surface area (Å²) in [5, 5.41) is 0. The van der Waals surface area contributed by atoms with Crippen molar-refractivity contribution in [3.63, 3.8) is 0 Å². The van der Waals surface area contributed by atoms with Gasteiger partial charge in [0.15, 0.2) is 0 Å². The molecule has 2 aromatic rings. The lowest BCUT2D eigenvalue weighted by Crippen LogP contribution is -2.46. The molecule has 0 spiro atoms. The summed E-state index contributed by atoms with van der Waals surface area (Å²) in [4.78, 5) is 13.8. The molecule has 5 nitrogen and oxygen atoms in total. The van der Waals surface area contributed by atoms with E-state index in [-0.39, 0.29) is 5.91 Å². The predicted octanol–water partition coefficient (Wildman–Crippen LogP) is 2.84. The van der Waals surface area contributed by atoms with Crippen LogP contribution < -0.4 is 9.62 Å². The second-order valence-corrected chi connectivity index (χ2v) is 8.38. The van der Waals surface area contributed by atoms with E-state index < -0.39 is 26.8 Å². The zero-order valence-corrected chi connectivity index (χ0v) is 15.8. The molecule has 0 aromatic heterocycles. The average molecular weight is 427 g/mol. The van der Waals surface area contributed by atoms with Crippen LogP contribution in [0.5, 0.6) is 0 Å². The maximum absolute atomic E-state index is 13.8. The highest BCUT2D eigenvalue weighted by molar-refractivity contribution is 9.10. The first-order valence-electron chi connectivity index (χ1n) is 7.66. The van der Waals surface area contributed by atoms with Gasteiger partial charge in [-0.05, 0) is 49.2 Å². The Morgan fingerprint density at radius 3 is 2.72 bits per heavy atom. The summed E-state index contributed by atoms with van der Waals surface area (Å²) in [5.74, 6) is -1.23. The van der Waals surface area contributed by atoms with Crippen LogP contribution in [0.3, 0.4) is 0 Å². The van der Waals surface area contributed by atoms with Crippen LogP contribution in [0.4, 0.5) is 10.1 Å². The first kappa shape index (κ1) is 18.0. The fourth-order valence-corrected chi connectivity index (χ4v) is 4.53. The topological polar surface area (TPSA) is 66.5 Å². The first-order chi connectivity index (χ1) is 11.8. The summed E-state index contributed by atoms with van der Waals surface area (Å²) in [6, 6.07) is 9.64. The van der Waals surface area contributed by atoms with Crippen molar-refractivity contribution in [2.75, 3.05) is 11.4 Å². The number of carbonyl (C=O) groups is 1. The highest BCUT2D eigenvalue weighted by Crippen LogP contribution is 2.31. The highest BCUT2D eigenvalue weighted by atomic mass is 79.9. The molecule has 1 amide bonds. The zero-order chi connectivity index (χ0) is 18.2. The highest BCUT2D eigenvalue weighted by Gasteiger charge is 2.31. The lowest BCUT2D eigenvalue weighted by atomic mass is 10.2. The van der Waals surface area contributed by atoms with Gasteiger partial charge in [-0.2, -0.15) is 4.72 Å². The Kier molecular flexibility index (Phi) is 4.95. The van der Waals surface area contributed by atoms with E-state index in [1.807, 2.05) is 18.2 Å². The van der Waals surface area contributed by atoms with Gasteiger partial charge in [0.2, 0.25) is 15.9 Å². The molecular weight excluding hydrogens is 411 g/mol. The number of carbonyl (C=O) groups excluding carboxylic acids is 1. The number of nitrogens with zero attached hydrogens (tertiary/aromatic N) is 1. The van der Waals surface area contributed by atoms with Crippen molar-refractivity contribution in [2.24, 2.45) is 0 Å². The standard InChI is InChI=1S/C17H16BrFN2O3S/c1-11(20-25(23,24)16-5-3-2-4-14(16)19)17(22)21-9-8-12-10-13(18)6-7-15(12)21/h2-7,10-11,20H,8-9H2,1H3/t11-/m0/s1. The Labute approximate surface area is 154 Å².